The minimum Gasteiger partial charge on any atom is -0.394 e. The summed E-state index contributed by atoms with van der Waals surface area (Å²) in [5, 5.41) is 26.8. The zero-order valence-corrected chi connectivity index (χ0v) is 6.05. The number of rotatable bonds is 1. The lowest BCUT2D eigenvalue weighted by molar-refractivity contribution is -0.174. The molecule has 11 heavy (non-hydrogen) atoms. The molecule has 0 aromatic rings. The molecule has 5 heteroatoms. The largest absolute Gasteiger partial charge is 0.394 e. The summed E-state index contributed by atoms with van der Waals surface area (Å²) in [6, 6.07) is 0. The van der Waals surface area contributed by atoms with Crippen LogP contribution in [0.4, 0.5) is 0 Å². The Hall–Kier alpha value is -0.200. The Balaban J connectivity index is 2.47. The van der Waals surface area contributed by atoms with E-state index in [1.807, 2.05) is 0 Å². The van der Waals surface area contributed by atoms with Crippen molar-refractivity contribution < 1.29 is 20.1 Å². The number of hydrogen-bond acceptors (Lipinski definition) is 5. The van der Waals surface area contributed by atoms with Crippen LogP contribution in [-0.4, -0.2) is 46.5 Å². The Morgan fingerprint density at radius 3 is 2.55 bits per heavy atom. The number of ether oxygens (including phenoxy) is 1. The molecule has 1 saturated heterocycles. The zero-order chi connectivity index (χ0) is 8.43. The summed E-state index contributed by atoms with van der Waals surface area (Å²) >= 11 is 0. The van der Waals surface area contributed by atoms with Crippen molar-refractivity contribution in [1.82, 2.24) is 0 Å². The van der Waals surface area contributed by atoms with E-state index in [1.165, 1.54) is 0 Å². The van der Waals surface area contributed by atoms with Gasteiger partial charge < -0.3 is 25.8 Å². The summed E-state index contributed by atoms with van der Waals surface area (Å²) in [5.41, 5.74) is 5.29. The molecule has 0 bridgehead atoms. The maximum atomic E-state index is 9.13. The van der Waals surface area contributed by atoms with Crippen LogP contribution in [0.3, 0.4) is 0 Å². The van der Waals surface area contributed by atoms with E-state index in [0.29, 0.717) is 0 Å². The Labute approximate surface area is 64.4 Å². The van der Waals surface area contributed by atoms with E-state index in [4.69, 9.17) is 25.8 Å². The van der Waals surface area contributed by atoms with Gasteiger partial charge in [-0.1, -0.05) is 0 Å². The molecular formula is C6H13NO4. The van der Waals surface area contributed by atoms with Crippen molar-refractivity contribution in [3.63, 3.8) is 0 Å². The van der Waals surface area contributed by atoms with Crippen LogP contribution in [0.25, 0.3) is 0 Å². The van der Waals surface area contributed by atoms with Crippen LogP contribution in [0.1, 0.15) is 6.42 Å². The van der Waals surface area contributed by atoms with Crippen molar-refractivity contribution in [3.8, 4) is 0 Å². The van der Waals surface area contributed by atoms with Crippen LogP contribution >= 0.6 is 0 Å². The molecule has 0 saturated carbocycles. The molecule has 0 spiro atoms. The molecule has 4 atom stereocenters. The van der Waals surface area contributed by atoms with Crippen molar-refractivity contribution in [1.29, 1.82) is 0 Å². The SMILES string of the molecule is N[C@H]1O[C@H](CO)C[C@H](O)[C@H]1O. The maximum Gasteiger partial charge on any atom is 0.134 e. The number of aliphatic hydroxyl groups excluding tert-OH is 3. The molecule has 66 valence electrons. The first kappa shape index (κ1) is 8.89. The minimum atomic E-state index is -1.04. The second-order valence-corrected chi connectivity index (χ2v) is 2.70. The maximum absolute atomic E-state index is 9.13. The average molecular weight is 163 g/mol. The molecule has 0 unspecified atom stereocenters. The third-order valence-electron chi connectivity index (χ3n) is 1.79. The molecule has 0 aliphatic carbocycles. The summed E-state index contributed by atoms with van der Waals surface area (Å²) in [4.78, 5) is 0. The van der Waals surface area contributed by atoms with Crippen molar-refractivity contribution in [2.75, 3.05) is 6.61 Å². The summed E-state index contributed by atoms with van der Waals surface area (Å²) in [7, 11) is 0. The second kappa shape index (κ2) is 3.46. The predicted molar refractivity (Wildman–Crippen MR) is 36.6 cm³/mol. The second-order valence-electron chi connectivity index (χ2n) is 2.70. The Kier molecular flexibility index (Phi) is 2.80. The lowest BCUT2D eigenvalue weighted by Crippen LogP contribution is -2.53. The zero-order valence-electron chi connectivity index (χ0n) is 6.05. The quantitative estimate of drug-likeness (QED) is 0.351. The monoisotopic (exact) mass is 163 g/mol. The first-order chi connectivity index (χ1) is 5.15. The van der Waals surface area contributed by atoms with E-state index < -0.39 is 24.5 Å². The van der Waals surface area contributed by atoms with Gasteiger partial charge in [-0.15, -0.1) is 0 Å². The van der Waals surface area contributed by atoms with Gasteiger partial charge in [-0.3, -0.25) is 0 Å². The Bertz CT molecular complexity index is 120. The first-order valence-corrected chi connectivity index (χ1v) is 3.53. The molecule has 1 heterocycles. The summed E-state index contributed by atoms with van der Waals surface area (Å²) in [6.45, 7) is -0.183. The van der Waals surface area contributed by atoms with Crippen molar-refractivity contribution in [2.45, 2.75) is 31.0 Å². The van der Waals surface area contributed by atoms with Crippen molar-refractivity contribution >= 4 is 0 Å². The fourth-order valence-corrected chi connectivity index (χ4v) is 1.10. The van der Waals surface area contributed by atoms with Gasteiger partial charge in [-0.2, -0.15) is 0 Å². The highest BCUT2D eigenvalue weighted by Gasteiger charge is 2.33. The van der Waals surface area contributed by atoms with Crippen LogP contribution in [0, 0.1) is 0 Å². The third-order valence-corrected chi connectivity index (χ3v) is 1.79. The molecule has 0 amide bonds. The standard InChI is InChI=1S/C6H13NO4/c7-6-5(10)4(9)1-3(2-8)11-6/h3-6,8-10H,1-2,7H2/t3-,4-,5+,6-/m0/s1. The van der Waals surface area contributed by atoms with Gasteiger partial charge in [0.15, 0.2) is 0 Å². The van der Waals surface area contributed by atoms with E-state index in [9.17, 15) is 0 Å². The molecule has 5 N–H and O–H groups in total. The summed E-state index contributed by atoms with van der Waals surface area (Å²) < 4.78 is 4.94. The van der Waals surface area contributed by atoms with Crippen molar-refractivity contribution in [3.05, 3.63) is 0 Å². The predicted octanol–water partition coefficient (Wildman–Crippen LogP) is -2.23. The lowest BCUT2D eigenvalue weighted by atomic mass is 10.0. The van der Waals surface area contributed by atoms with Gasteiger partial charge in [0.2, 0.25) is 0 Å². The fraction of sp³-hybridized carbons (Fsp3) is 1.00. The van der Waals surface area contributed by atoms with Crippen LogP contribution < -0.4 is 5.73 Å². The summed E-state index contributed by atoms with van der Waals surface area (Å²) in [5.74, 6) is 0. The highest BCUT2D eigenvalue weighted by molar-refractivity contribution is 4.81. The lowest BCUT2D eigenvalue weighted by Gasteiger charge is -2.34. The van der Waals surface area contributed by atoms with Crippen LogP contribution in [-0.2, 0) is 4.74 Å². The molecule has 5 nitrogen and oxygen atoms in total. The van der Waals surface area contributed by atoms with Crippen molar-refractivity contribution in [2.24, 2.45) is 5.73 Å². The number of aliphatic hydroxyl groups is 3. The van der Waals surface area contributed by atoms with Gasteiger partial charge in [-0.05, 0) is 0 Å². The third kappa shape index (κ3) is 1.88. The van der Waals surface area contributed by atoms with E-state index >= 15 is 0 Å². The minimum absolute atomic E-state index is 0.183. The molecule has 0 aromatic heterocycles. The van der Waals surface area contributed by atoms with Gasteiger partial charge in [0.1, 0.15) is 12.3 Å². The molecule has 1 rings (SSSR count). The molecule has 1 fully saturated rings. The van der Waals surface area contributed by atoms with E-state index in [-0.39, 0.29) is 13.0 Å². The highest BCUT2D eigenvalue weighted by Crippen LogP contribution is 2.16. The van der Waals surface area contributed by atoms with Gasteiger partial charge in [-0.25, -0.2) is 0 Å². The fourth-order valence-electron chi connectivity index (χ4n) is 1.10. The Morgan fingerprint density at radius 2 is 2.09 bits per heavy atom. The molecule has 1 aliphatic heterocycles. The van der Waals surface area contributed by atoms with E-state index in [2.05, 4.69) is 0 Å². The molecule has 1 aliphatic rings. The van der Waals surface area contributed by atoms with Gasteiger partial charge in [0.05, 0.1) is 18.8 Å². The van der Waals surface area contributed by atoms with Gasteiger partial charge in [0.25, 0.3) is 0 Å². The Morgan fingerprint density at radius 1 is 1.45 bits per heavy atom. The highest BCUT2D eigenvalue weighted by atomic mass is 16.5. The molecule has 0 radical (unpaired) electrons. The molecule has 0 aromatic carbocycles. The van der Waals surface area contributed by atoms with Gasteiger partial charge in [0, 0.05) is 6.42 Å². The van der Waals surface area contributed by atoms with Crippen LogP contribution in [0.5, 0.6) is 0 Å². The summed E-state index contributed by atoms with van der Waals surface area (Å²) in [6.07, 6.45) is -3.06. The number of hydrogen-bond donors (Lipinski definition) is 4. The normalized spacial score (nSPS) is 45.8. The smallest absolute Gasteiger partial charge is 0.134 e. The van der Waals surface area contributed by atoms with E-state index in [1.54, 1.807) is 0 Å². The topological polar surface area (TPSA) is 95.9 Å². The molecular weight excluding hydrogens is 150 g/mol. The first-order valence-electron chi connectivity index (χ1n) is 3.53. The van der Waals surface area contributed by atoms with Gasteiger partial charge >= 0.3 is 0 Å². The van der Waals surface area contributed by atoms with E-state index in [0.717, 1.165) is 0 Å². The average Bonchev–Trinajstić information content (AvgIpc) is 1.99. The van der Waals surface area contributed by atoms with Crippen LogP contribution in [0.15, 0.2) is 0 Å². The van der Waals surface area contributed by atoms with Crippen LogP contribution in [0.2, 0.25) is 0 Å². The number of nitrogens with two attached hydrogens (primary N) is 1.